The normalized spacial score (nSPS) is 12.7. The summed E-state index contributed by atoms with van der Waals surface area (Å²) in [6.07, 6.45) is 0.872. The molecule has 0 saturated heterocycles. The molecule has 112 valence electrons. The van der Waals surface area contributed by atoms with Crippen LogP contribution in [-0.2, 0) is 6.42 Å². The minimum Gasteiger partial charge on any atom is -0.271 e. The highest BCUT2D eigenvalue weighted by atomic mass is 79.9. The topological polar surface area (TPSA) is 38.0 Å². The standard InChI is InChI=1S/C18H23BrN2/c1-12(2)15-7-5-14(6-8-15)11-18(21-20)16-9-4-13(3)10-17(16)19/h4-10,12,18,21H,11,20H2,1-3H3. The monoisotopic (exact) mass is 346 g/mol. The Labute approximate surface area is 135 Å². The van der Waals surface area contributed by atoms with Crippen LogP contribution in [0.4, 0.5) is 0 Å². The third-order valence-corrected chi connectivity index (χ3v) is 4.51. The highest BCUT2D eigenvalue weighted by molar-refractivity contribution is 9.10. The molecule has 2 rings (SSSR count). The summed E-state index contributed by atoms with van der Waals surface area (Å²) in [6, 6.07) is 15.3. The predicted octanol–water partition coefficient (Wildman–Crippen LogP) is 4.63. The van der Waals surface area contributed by atoms with Crippen molar-refractivity contribution >= 4 is 15.9 Å². The second-order valence-electron chi connectivity index (χ2n) is 5.84. The molecule has 0 bridgehead atoms. The number of hydrogen-bond donors (Lipinski definition) is 2. The van der Waals surface area contributed by atoms with Crippen molar-refractivity contribution in [2.24, 2.45) is 5.84 Å². The van der Waals surface area contributed by atoms with E-state index in [0.29, 0.717) is 5.92 Å². The second kappa shape index (κ2) is 7.21. The summed E-state index contributed by atoms with van der Waals surface area (Å²) >= 11 is 3.64. The van der Waals surface area contributed by atoms with Crippen molar-refractivity contribution in [1.29, 1.82) is 0 Å². The Balaban J connectivity index is 2.18. The zero-order valence-electron chi connectivity index (χ0n) is 12.9. The molecule has 0 fully saturated rings. The zero-order chi connectivity index (χ0) is 15.4. The van der Waals surface area contributed by atoms with Crippen LogP contribution in [0.5, 0.6) is 0 Å². The van der Waals surface area contributed by atoms with E-state index in [0.717, 1.165) is 10.9 Å². The minimum absolute atomic E-state index is 0.102. The lowest BCUT2D eigenvalue weighted by Crippen LogP contribution is -2.29. The SMILES string of the molecule is Cc1ccc(C(Cc2ccc(C(C)C)cc2)NN)c(Br)c1. The van der Waals surface area contributed by atoms with Gasteiger partial charge >= 0.3 is 0 Å². The van der Waals surface area contributed by atoms with Crippen LogP contribution >= 0.6 is 15.9 Å². The van der Waals surface area contributed by atoms with E-state index in [4.69, 9.17) is 5.84 Å². The summed E-state index contributed by atoms with van der Waals surface area (Å²) < 4.78 is 1.10. The highest BCUT2D eigenvalue weighted by Gasteiger charge is 2.14. The van der Waals surface area contributed by atoms with Gasteiger partial charge in [-0.25, -0.2) is 0 Å². The summed E-state index contributed by atoms with van der Waals surface area (Å²) in [5.74, 6) is 6.33. The molecule has 0 spiro atoms. The molecule has 1 atom stereocenters. The van der Waals surface area contributed by atoms with Gasteiger partial charge in [0.2, 0.25) is 0 Å². The summed E-state index contributed by atoms with van der Waals surface area (Å²) in [4.78, 5) is 0. The summed E-state index contributed by atoms with van der Waals surface area (Å²) in [5.41, 5.74) is 8.02. The average Bonchev–Trinajstić information content (AvgIpc) is 2.46. The van der Waals surface area contributed by atoms with Crippen LogP contribution in [-0.4, -0.2) is 0 Å². The van der Waals surface area contributed by atoms with Crippen LogP contribution in [0.15, 0.2) is 46.9 Å². The van der Waals surface area contributed by atoms with Gasteiger partial charge in [0.15, 0.2) is 0 Å². The fourth-order valence-corrected chi connectivity index (χ4v) is 3.22. The van der Waals surface area contributed by atoms with Crippen LogP contribution in [0.3, 0.4) is 0 Å². The molecule has 2 aromatic rings. The Kier molecular flexibility index (Phi) is 5.57. The first-order chi connectivity index (χ1) is 10.0. The molecule has 0 aliphatic heterocycles. The number of nitrogens with two attached hydrogens (primary N) is 1. The maximum Gasteiger partial charge on any atom is 0.0511 e. The molecule has 2 aromatic carbocycles. The van der Waals surface area contributed by atoms with Gasteiger partial charge in [0, 0.05) is 4.47 Å². The van der Waals surface area contributed by atoms with E-state index < -0.39 is 0 Å². The fourth-order valence-electron chi connectivity index (χ4n) is 2.45. The van der Waals surface area contributed by atoms with Gasteiger partial charge in [0.25, 0.3) is 0 Å². The minimum atomic E-state index is 0.102. The Hall–Kier alpha value is -1.16. The first kappa shape index (κ1) is 16.2. The average molecular weight is 347 g/mol. The third-order valence-electron chi connectivity index (χ3n) is 3.82. The van der Waals surface area contributed by atoms with E-state index in [-0.39, 0.29) is 6.04 Å². The molecule has 0 heterocycles. The number of nitrogens with one attached hydrogen (secondary N) is 1. The van der Waals surface area contributed by atoms with E-state index >= 15 is 0 Å². The molecule has 0 amide bonds. The molecular weight excluding hydrogens is 324 g/mol. The number of hydrazine groups is 1. The van der Waals surface area contributed by atoms with Gasteiger partial charge < -0.3 is 0 Å². The maximum absolute atomic E-state index is 5.77. The van der Waals surface area contributed by atoms with Crippen LogP contribution in [0.1, 0.15) is 48.1 Å². The molecule has 3 heteroatoms. The van der Waals surface area contributed by atoms with Crippen LogP contribution in [0, 0.1) is 6.92 Å². The van der Waals surface area contributed by atoms with Crippen molar-refractivity contribution in [2.45, 2.75) is 39.2 Å². The quantitative estimate of drug-likeness (QED) is 0.611. The van der Waals surface area contributed by atoms with Gasteiger partial charge in [-0.1, -0.05) is 66.2 Å². The Morgan fingerprint density at radius 3 is 2.29 bits per heavy atom. The number of aryl methyl sites for hydroxylation is 1. The maximum atomic E-state index is 5.77. The fraction of sp³-hybridized carbons (Fsp3) is 0.333. The molecule has 2 nitrogen and oxygen atoms in total. The number of halogens is 1. The van der Waals surface area contributed by atoms with Gasteiger partial charge in [0.1, 0.15) is 0 Å². The summed E-state index contributed by atoms with van der Waals surface area (Å²) in [6.45, 7) is 6.51. The molecule has 1 unspecified atom stereocenters. The van der Waals surface area contributed by atoms with E-state index in [2.05, 4.69) is 84.6 Å². The van der Waals surface area contributed by atoms with E-state index in [1.807, 2.05) is 0 Å². The first-order valence-corrected chi connectivity index (χ1v) is 8.11. The molecule has 0 aromatic heterocycles. The smallest absolute Gasteiger partial charge is 0.0511 e. The molecule has 0 aliphatic carbocycles. The van der Waals surface area contributed by atoms with E-state index in [1.54, 1.807) is 0 Å². The number of hydrogen-bond acceptors (Lipinski definition) is 2. The summed E-state index contributed by atoms with van der Waals surface area (Å²) in [7, 11) is 0. The lowest BCUT2D eigenvalue weighted by molar-refractivity contribution is 0.550. The van der Waals surface area contributed by atoms with E-state index in [9.17, 15) is 0 Å². The van der Waals surface area contributed by atoms with Crippen LogP contribution in [0.2, 0.25) is 0 Å². The second-order valence-corrected chi connectivity index (χ2v) is 6.70. The molecule has 0 saturated carbocycles. The number of benzene rings is 2. The molecule has 3 N–H and O–H groups in total. The van der Waals surface area contributed by atoms with Gasteiger partial charge in [-0.15, -0.1) is 0 Å². The lowest BCUT2D eigenvalue weighted by atomic mass is 9.96. The van der Waals surface area contributed by atoms with Crippen molar-refractivity contribution in [3.05, 3.63) is 69.2 Å². The molecule has 21 heavy (non-hydrogen) atoms. The predicted molar refractivity (Wildman–Crippen MR) is 93.2 cm³/mol. The zero-order valence-corrected chi connectivity index (χ0v) is 14.4. The van der Waals surface area contributed by atoms with Gasteiger partial charge in [-0.05, 0) is 47.6 Å². The third kappa shape index (κ3) is 4.16. The van der Waals surface area contributed by atoms with Gasteiger partial charge in [0.05, 0.1) is 6.04 Å². The molecule has 0 aliphatic rings. The van der Waals surface area contributed by atoms with Crippen molar-refractivity contribution < 1.29 is 0 Å². The highest BCUT2D eigenvalue weighted by Crippen LogP contribution is 2.27. The Bertz CT molecular complexity index is 591. The first-order valence-electron chi connectivity index (χ1n) is 7.32. The largest absolute Gasteiger partial charge is 0.271 e. The number of rotatable bonds is 5. The molecular formula is C18H23BrN2. The van der Waals surface area contributed by atoms with Gasteiger partial charge in [-0.3, -0.25) is 11.3 Å². The lowest BCUT2D eigenvalue weighted by Gasteiger charge is -2.19. The van der Waals surface area contributed by atoms with Crippen LogP contribution < -0.4 is 11.3 Å². The van der Waals surface area contributed by atoms with Crippen LogP contribution in [0.25, 0.3) is 0 Å². The van der Waals surface area contributed by atoms with Crippen molar-refractivity contribution in [1.82, 2.24) is 5.43 Å². The summed E-state index contributed by atoms with van der Waals surface area (Å²) in [5, 5.41) is 0. The Morgan fingerprint density at radius 2 is 1.76 bits per heavy atom. The van der Waals surface area contributed by atoms with E-state index in [1.165, 1.54) is 22.3 Å². The van der Waals surface area contributed by atoms with Gasteiger partial charge in [-0.2, -0.15) is 0 Å². The molecule has 0 radical (unpaired) electrons. The van der Waals surface area contributed by atoms with Crippen molar-refractivity contribution in [3.8, 4) is 0 Å². The van der Waals surface area contributed by atoms with Crippen molar-refractivity contribution in [3.63, 3.8) is 0 Å². The van der Waals surface area contributed by atoms with Crippen molar-refractivity contribution in [2.75, 3.05) is 0 Å². The Morgan fingerprint density at radius 1 is 1.10 bits per heavy atom.